The van der Waals surface area contributed by atoms with Crippen LogP contribution in [0, 0.1) is 3.57 Å². The van der Waals surface area contributed by atoms with Crippen molar-refractivity contribution in [1.29, 1.82) is 0 Å². The first-order valence-electron chi connectivity index (χ1n) is 5.19. The standard InChI is InChI=1S/C12H18INO/c1-10(15)7-8-14(2)9-11-3-5-12(13)6-4-11/h3-6,10,15H,7-9H2,1-2H3. The van der Waals surface area contributed by atoms with Gasteiger partial charge in [0.25, 0.3) is 0 Å². The van der Waals surface area contributed by atoms with Crippen LogP contribution in [0.5, 0.6) is 0 Å². The van der Waals surface area contributed by atoms with Gasteiger partial charge in [-0.25, -0.2) is 0 Å². The molecule has 0 radical (unpaired) electrons. The predicted octanol–water partition coefficient (Wildman–Crippen LogP) is 2.49. The van der Waals surface area contributed by atoms with E-state index in [0.29, 0.717) is 0 Å². The Morgan fingerprint density at radius 1 is 1.33 bits per heavy atom. The molecule has 3 heteroatoms. The van der Waals surface area contributed by atoms with E-state index >= 15 is 0 Å². The second-order valence-corrected chi connectivity index (χ2v) is 5.25. The highest BCUT2D eigenvalue weighted by Crippen LogP contribution is 2.08. The number of halogens is 1. The molecule has 15 heavy (non-hydrogen) atoms. The van der Waals surface area contributed by atoms with Crippen LogP contribution in [0.2, 0.25) is 0 Å². The van der Waals surface area contributed by atoms with Crippen molar-refractivity contribution in [3.63, 3.8) is 0 Å². The van der Waals surface area contributed by atoms with E-state index in [9.17, 15) is 5.11 Å². The summed E-state index contributed by atoms with van der Waals surface area (Å²) in [5.41, 5.74) is 1.32. The zero-order valence-corrected chi connectivity index (χ0v) is 11.4. The zero-order chi connectivity index (χ0) is 11.3. The minimum absolute atomic E-state index is 0.204. The van der Waals surface area contributed by atoms with Gasteiger partial charge in [0, 0.05) is 16.7 Å². The molecule has 0 amide bonds. The van der Waals surface area contributed by atoms with E-state index in [1.807, 2.05) is 6.92 Å². The molecule has 0 fully saturated rings. The van der Waals surface area contributed by atoms with Gasteiger partial charge in [-0.1, -0.05) is 12.1 Å². The summed E-state index contributed by atoms with van der Waals surface area (Å²) in [7, 11) is 2.08. The van der Waals surface area contributed by atoms with E-state index in [0.717, 1.165) is 19.5 Å². The minimum atomic E-state index is -0.204. The smallest absolute Gasteiger partial charge is 0.0524 e. The molecule has 0 saturated carbocycles. The molecule has 0 saturated heterocycles. The van der Waals surface area contributed by atoms with Gasteiger partial charge >= 0.3 is 0 Å². The molecule has 1 aromatic rings. The summed E-state index contributed by atoms with van der Waals surface area (Å²) in [5.74, 6) is 0. The molecule has 0 aliphatic heterocycles. The summed E-state index contributed by atoms with van der Waals surface area (Å²) in [6, 6.07) is 8.55. The summed E-state index contributed by atoms with van der Waals surface area (Å²) >= 11 is 2.31. The number of hydrogen-bond acceptors (Lipinski definition) is 2. The van der Waals surface area contributed by atoms with Gasteiger partial charge in [-0.3, -0.25) is 0 Å². The quantitative estimate of drug-likeness (QED) is 0.843. The molecule has 0 bridgehead atoms. The lowest BCUT2D eigenvalue weighted by molar-refractivity contribution is 0.163. The fourth-order valence-corrected chi connectivity index (χ4v) is 1.75. The average molecular weight is 319 g/mol. The number of aliphatic hydroxyl groups is 1. The van der Waals surface area contributed by atoms with Crippen LogP contribution in [0.1, 0.15) is 18.9 Å². The van der Waals surface area contributed by atoms with Gasteiger partial charge in [0.15, 0.2) is 0 Å². The molecule has 0 aliphatic rings. The average Bonchev–Trinajstić information content (AvgIpc) is 2.19. The normalized spacial score (nSPS) is 13.1. The van der Waals surface area contributed by atoms with E-state index in [4.69, 9.17) is 0 Å². The lowest BCUT2D eigenvalue weighted by Crippen LogP contribution is -2.22. The molecule has 0 heterocycles. The molecule has 84 valence electrons. The van der Waals surface area contributed by atoms with Crippen LogP contribution < -0.4 is 0 Å². The summed E-state index contributed by atoms with van der Waals surface area (Å²) in [5, 5.41) is 9.18. The van der Waals surface area contributed by atoms with Gasteiger partial charge in [0.2, 0.25) is 0 Å². The van der Waals surface area contributed by atoms with Crippen LogP contribution in [0.25, 0.3) is 0 Å². The monoisotopic (exact) mass is 319 g/mol. The van der Waals surface area contributed by atoms with Crippen LogP contribution in [-0.4, -0.2) is 29.7 Å². The number of aliphatic hydroxyl groups excluding tert-OH is 1. The Bertz CT molecular complexity index is 284. The lowest BCUT2D eigenvalue weighted by atomic mass is 10.2. The third-order valence-corrected chi connectivity index (χ3v) is 3.01. The topological polar surface area (TPSA) is 23.5 Å². The van der Waals surface area contributed by atoms with Crippen molar-refractivity contribution in [3.05, 3.63) is 33.4 Å². The minimum Gasteiger partial charge on any atom is -0.393 e. The maximum Gasteiger partial charge on any atom is 0.0524 e. The summed E-state index contributed by atoms with van der Waals surface area (Å²) in [6.07, 6.45) is 0.630. The van der Waals surface area contributed by atoms with Gasteiger partial charge in [0.05, 0.1) is 6.10 Å². The number of rotatable bonds is 5. The zero-order valence-electron chi connectivity index (χ0n) is 9.28. The molecule has 1 unspecified atom stereocenters. The second-order valence-electron chi connectivity index (χ2n) is 4.00. The Hall–Kier alpha value is -0.130. The molecule has 0 spiro atoms. The van der Waals surface area contributed by atoms with E-state index in [1.54, 1.807) is 0 Å². The van der Waals surface area contributed by atoms with Crippen molar-refractivity contribution in [1.82, 2.24) is 4.90 Å². The lowest BCUT2D eigenvalue weighted by Gasteiger charge is -2.17. The molecule has 1 atom stereocenters. The molecule has 0 aliphatic carbocycles. The summed E-state index contributed by atoms with van der Waals surface area (Å²) in [6.45, 7) is 3.71. The highest BCUT2D eigenvalue weighted by atomic mass is 127. The van der Waals surface area contributed by atoms with Gasteiger partial charge in [-0.2, -0.15) is 0 Å². The maximum absolute atomic E-state index is 9.18. The van der Waals surface area contributed by atoms with Crippen LogP contribution >= 0.6 is 22.6 Å². The fourth-order valence-electron chi connectivity index (χ4n) is 1.39. The Labute approximate surface area is 105 Å². The van der Waals surface area contributed by atoms with E-state index < -0.39 is 0 Å². The third kappa shape index (κ3) is 5.49. The van der Waals surface area contributed by atoms with E-state index in [1.165, 1.54) is 9.13 Å². The van der Waals surface area contributed by atoms with Gasteiger partial charge in [-0.15, -0.1) is 0 Å². The molecule has 2 nitrogen and oxygen atoms in total. The van der Waals surface area contributed by atoms with Gasteiger partial charge < -0.3 is 10.0 Å². The number of nitrogens with zero attached hydrogens (tertiary/aromatic N) is 1. The highest BCUT2D eigenvalue weighted by molar-refractivity contribution is 14.1. The Morgan fingerprint density at radius 3 is 2.47 bits per heavy atom. The SMILES string of the molecule is CC(O)CCN(C)Cc1ccc(I)cc1. The molecular weight excluding hydrogens is 301 g/mol. The number of hydrogen-bond donors (Lipinski definition) is 1. The van der Waals surface area contributed by atoms with Crippen molar-refractivity contribution in [2.24, 2.45) is 0 Å². The maximum atomic E-state index is 9.18. The largest absolute Gasteiger partial charge is 0.393 e. The van der Waals surface area contributed by atoms with E-state index in [-0.39, 0.29) is 6.10 Å². The molecular formula is C12H18INO. The van der Waals surface area contributed by atoms with Crippen LogP contribution in [0.4, 0.5) is 0 Å². The number of benzene rings is 1. The Kier molecular flexibility index (Phi) is 5.56. The Morgan fingerprint density at radius 2 is 1.93 bits per heavy atom. The van der Waals surface area contributed by atoms with Crippen LogP contribution in [-0.2, 0) is 6.54 Å². The Balaban J connectivity index is 2.37. The summed E-state index contributed by atoms with van der Waals surface area (Å²) in [4.78, 5) is 2.23. The molecule has 1 N–H and O–H groups in total. The van der Waals surface area contributed by atoms with Crippen LogP contribution in [0.15, 0.2) is 24.3 Å². The predicted molar refractivity (Wildman–Crippen MR) is 71.8 cm³/mol. The molecule has 1 aromatic carbocycles. The van der Waals surface area contributed by atoms with Gasteiger partial charge in [0.1, 0.15) is 0 Å². The van der Waals surface area contributed by atoms with Crippen molar-refractivity contribution in [2.45, 2.75) is 26.0 Å². The van der Waals surface area contributed by atoms with Crippen molar-refractivity contribution >= 4 is 22.6 Å². The van der Waals surface area contributed by atoms with Crippen LogP contribution in [0.3, 0.4) is 0 Å². The van der Waals surface area contributed by atoms with Crippen molar-refractivity contribution in [2.75, 3.05) is 13.6 Å². The first kappa shape index (κ1) is 12.9. The highest BCUT2D eigenvalue weighted by Gasteiger charge is 2.02. The first-order valence-corrected chi connectivity index (χ1v) is 6.27. The fraction of sp³-hybridized carbons (Fsp3) is 0.500. The van der Waals surface area contributed by atoms with Crippen molar-refractivity contribution < 1.29 is 5.11 Å². The van der Waals surface area contributed by atoms with Crippen molar-refractivity contribution in [3.8, 4) is 0 Å². The summed E-state index contributed by atoms with van der Waals surface area (Å²) < 4.78 is 1.27. The second kappa shape index (κ2) is 6.45. The van der Waals surface area contributed by atoms with E-state index in [2.05, 4.69) is 58.8 Å². The molecule has 0 aromatic heterocycles. The molecule has 1 rings (SSSR count). The first-order chi connectivity index (χ1) is 7.08. The third-order valence-electron chi connectivity index (χ3n) is 2.29. The van der Waals surface area contributed by atoms with Gasteiger partial charge in [-0.05, 0) is 60.7 Å².